The summed E-state index contributed by atoms with van der Waals surface area (Å²) in [6.07, 6.45) is -6.87. The molecule has 0 aliphatic carbocycles. The van der Waals surface area contributed by atoms with Crippen molar-refractivity contribution >= 4 is 11.9 Å². The first-order valence-corrected chi connectivity index (χ1v) is 14.8. The van der Waals surface area contributed by atoms with Gasteiger partial charge in [-0.3, -0.25) is 4.79 Å². The van der Waals surface area contributed by atoms with Crippen molar-refractivity contribution in [1.29, 1.82) is 0 Å². The molecule has 14 nitrogen and oxygen atoms in total. The molecule has 3 saturated heterocycles. The van der Waals surface area contributed by atoms with E-state index >= 15 is 0 Å². The number of aliphatic hydroxyl groups is 1. The Morgan fingerprint density at radius 1 is 1.02 bits per heavy atom. The van der Waals surface area contributed by atoms with Gasteiger partial charge in [0.2, 0.25) is 0 Å². The summed E-state index contributed by atoms with van der Waals surface area (Å²) in [6, 6.07) is 8.06. The Balaban J connectivity index is 1.62. The van der Waals surface area contributed by atoms with E-state index in [1.165, 1.54) is 6.92 Å². The molecule has 238 valence electrons. The number of nitrogens with zero attached hydrogens (tertiary/aromatic N) is 3. The summed E-state index contributed by atoms with van der Waals surface area (Å²) in [5.41, 5.74) is 9.95. The van der Waals surface area contributed by atoms with E-state index < -0.39 is 73.3 Å². The lowest BCUT2D eigenvalue weighted by atomic mass is 9.96. The molecule has 0 amide bonds. The van der Waals surface area contributed by atoms with E-state index in [1.807, 2.05) is 32.0 Å². The van der Waals surface area contributed by atoms with Crippen LogP contribution in [0.1, 0.15) is 52.0 Å². The van der Waals surface area contributed by atoms with Gasteiger partial charge >= 0.3 is 11.9 Å². The Labute approximate surface area is 250 Å². The molecule has 5 unspecified atom stereocenters. The van der Waals surface area contributed by atoms with Gasteiger partial charge in [-0.15, -0.1) is 0 Å². The number of carbonyl (C=O) groups is 2. The standard InChI is InChI=1S/C29H41N3O11/c1-4-6-13-36-24-21(34)25(27(35)38-15-18-11-9-8-10-12-18)43-29(26(24)37-14-7-5-2)42-22-19-16-39-28(41-19)20(31-32-30)23(22)40-17(3)33/h8-12,19-26,28-29,34H,4-7,13-16H2,1-3H3/t19?,20-,21-,22+,23?,24?,25?,26?,28+,29+/m0/s1. The maximum absolute atomic E-state index is 13.3. The number of carbonyl (C=O) groups excluding carboxylic acids is 2. The lowest BCUT2D eigenvalue weighted by molar-refractivity contribution is -0.336. The second kappa shape index (κ2) is 16.3. The highest BCUT2D eigenvalue weighted by Crippen LogP contribution is 2.37. The van der Waals surface area contributed by atoms with Crippen molar-refractivity contribution in [3.8, 4) is 0 Å². The van der Waals surface area contributed by atoms with Crippen LogP contribution in [0, 0.1) is 0 Å². The number of aliphatic hydroxyl groups excluding tert-OH is 1. The summed E-state index contributed by atoms with van der Waals surface area (Å²) in [7, 11) is 0. The van der Waals surface area contributed by atoms with Gasteiger partial charge in [0.25, 0.3) is 0 Å². The molecule has 3 heterocycles. The Morgan fingerprint density at radius 3 is 2.37 bits per heavy atom. The predicted octanol–water partition coefficient (Wildman–Crippen LogP) is 2.94. The van der Waals surface area contributed by atoms with E-state index in [0.29, 0.717) is 26.1 Å². The first-order valence-electron chi connectivity index (χ1n) is 14.8. The Hall–Kier alpha value is -2.81. The number of esters is 2. The normalized spacial score (nSPS) is 33.4. The molecule has 3 fully saturated rings. The van der Waals surface area contributed by atoms with Crippen LogP contribution in [-0.4, -0.2) is 98.2 Å². The minimum absolute atomic E-state index is 0.0325. The monoisotopic (exact) mass is 607 g/mol. The van der Waals surface area contributed by atoms with Crippen LogP contribution in [0.3, 0.4) is 0 Å². The third-order valence-corrected chi connectivity index (χ3v) is 7.41. The molecule has 14 heteroatoms. The van der Waals surface area contributed by atoms with Crippen molar-refractivity contribution in [2.75, 3.05) is 19.8 Å². The number of hydrogen-bond donors (Lipinski definition) is 1. The lowest BCUT2D eigenvalue weighted by Gasteiger charge is -2.46. The molecule has 1 aromatic carbocycles. The van der Waals surface area contributed by atoms with Crippen LogP contribution < -0.4 is 0 Å². The molecular formula is C29H41N3O11. The highest BCUT2D eigenvalue weighted by Gasteiger charge is 2.57. The number of hydrogen-bond acceptors (Lipinski definition) is 12. The minimum atomic E-state index is -1.48. The van der Waals surface area contributed by atoms with E-state index in [0.717, 1.165) is 18.4 Å². The van der Waals surface area contributed by atoms with Gasteiger partial charge in [0.1, 0.15) is 49.3 Å². The van der Waals surface area contributed by atoms with Gasteiger partial charge in [0, 0.05) is 25.0 Å². The van der Waals surface area contributed by atoms with E-state index in [4.69, 9.17) is 37.9 Å². The fourth-order valence-corrected chi connectivity index (χ4v) is 5.21. The fraction of sp³-hybridized carbons (Fsp3) is 0.724. The topological polar surface area (TPSA) is 177 Å². The van der Waals surface area contributed by atoms with Gasteiger partial charge in [0.05, 0.1) is 6.61 Å². The second-order valence-electron chi connectivity index (χ2n) is 10.6. The van der Waals surface area contributed by atoms with Crippen molar-refractivity contribution in [2.45, 2.75) is 114 Å². The molecular weight excluding hydrogens is 566 g/mol. The number of ether oxygens (including phenoxy) is 8. The van der Waals surface area contributed by atoms with Crippen LogP contribution in [0.25, 0.3) is 10.4 Å². The van der Waals surface area contributed by atoms with Gasteiger partial charge in [-0.05, 0) is 23.9 Å². The first-order chi connectivity index (χ1) is 20.9. The van der Waals surface area contributed by atoms with Gasteiger partial charge in [-0.2, -0.15) is 0 Å². The number of fused-ring (bicyclic) bond motifs is 2. The molecule has 0 spiro atoms. The average molecular weight is 608 g/mol. The fourth-order valence-electron chi connectivity index (χ4n) is 5.21. The first kappa shape index (κ1) is 33.1. The molecule has 0 radical (unpaired) electrons. The van der Waals surface area contributed by atoms with Crippen LogP contribution in [0.2, 0.25) is 0 Å². The molecule has 3 aliphatic heterocycles. The predicted molar refractivity (Wildman–Crippen MR) is 148 cm³/mol. The molecule has 43 heavy (non-hydrogen) atoms. The summed E-state index contributed by atoms with van der Waals surface area (Å²) in [5, 5.41) is 15.1. The third kappa shape index (κ3) is 8.43. The molecule has 0 aromatic heterocycles. The molecule has 1 N–H and O–H groups in total. The van der Waals surface area contributed by atoms with Crippen molar-refractivity contribution in [2.24, 2.45) is 5.11 Å². The Bertz CT molecular complexity index is 1090. The van der Waals surface area contributed by atoms with Gasteiger partial charge in [0.15, 0.2) is 18.7 Å². The zero-order valence-electron chi connectivity index (χ0n) is 24.7. The second-order valence-corrected chi connectivity index (χ2v) is 10.6. The molecule has 0 saturated carbocycles. The van der Waals surface area contributed by atoms with Crippen molar-refractivity contribution < 1.29 is 52.6 Å². The van der Waals surface area contributed by atoms with Gasteiger partial charge in [-0.25, -0.2) is 4.79 Å². The van der Waals surface area contributed by atoms with E-state index in [9.17, 15) is 20.2 Å². The van der Waals surface area contributed by atoms with E-state index in [1.54, 1.807) is 12.1 Å². The maximum Gasteiger partial charge on any atom is 0.338 e. The van der Waals surface area contributed by atoms with E-state index in [-0.39, 0.29) is 13.2 Å². The zero-order valence-corrected chi connectivity index (χ0v) is 24.7. The van der Waals surface area contributed by atoms with Crippen LogP contribution in [0.15, 0.2) is 35.4 Å². The highest BCUT2D eigenvalue weighted by molar-refractivity contribution is 5.75. The smallest absolute Gasteiger partial charge is 0.338 e. The Morgan fingerprint density at radius 2 is 1.72 bits per heavy atom. The van der Waals surface area contributed by atoms with Crippen molar-refractivity contribution in [3.05, 3.63) is 46.3 Å². The summed E-state index contributed by atoms with van der Waals surface area (Å²) in [4.78, 5) is 28.3. The van der Waals surface area contributed by atoms with Crippen LogP contribution in [0.5, 0.6) is 0 Å². The summed E-state index contributed by atoms with van der Waals surface area (Å²) >= 11 is 0. The van der Waals surface area contributed by atoms with Crippen LogP contribution >= 0.6 is 0 Å². The SMILES string of the molecule is CCCCOC1C(OCCCC)[C@H](O)C(C(=O)OCc2ccccc2)O[C@H]1O[C@@H]1C2CO[C@H](O2)[C@@H](N=[N+]=[N-])C1OC(C)=O. The van der Waals surface area contributed by atoms with E-state index in [2.05, 4.69) is 10.0 Å². The zero-order chi connectivity index (χ0) is 30.8. The largest absolute Gasteiger partial charge is 0.459 e. The molecule has 10 atom stereocenters. The number of benzene rings is 1. The molecule has 4 rings (SSSR count). The quantitative estimate of drug-likeness (QED) is 0.102. The average Bonchev–Trinajstić information content (AvgIpc) is 3.44. The third-order valence-electron chi connectivity index (χ3n) is 7.41. The summed E-state index contributed by atoms with van der Waals surface area (Å²) in [6.45, 7) is 5.87. The number of azide groups is 1. The maximum atomic E-state index is 13.3. The van der Waals surface area contributed by atoms with Gasteiger partial charge < -0.3 is 43.0 Å². The van der Waals surface area contributed by atoms with Crippen molar-refractivity contribution in [3.63, 3.8) is 0 Å². The van der Waals surface area contributed by atoms with Crippen LogP contribution in [0.4, 0.5) is 0 Å². The van der Waals surface area contributed by atoms with Crippen LogP contribution in [-0.2, 0) is 54.1 Å². The summed E-state index contributed by atoms with van der Waals surface area (Å²) < 4.78 is 47.4. The minimum Gasteiger partial charge on any atom is -0.459 e. The van der Waals surface area contributed by atoms with Gasteiger partial charge in [-0.1, -0.05) is 62.1 Å². The highest BCUT2D eigenvalue weighted by atomic mass is 16.8. The lowest BCUT2D eigenvalue weighted by Crippen LogP contribution is -2.65. The molecule has 2 bridgehead atoms. The molecule has 1 aromatic rings. The number of unbranched alkanes of at least 4 members (excludes halogenated alkanes) is 2. The molecule has 3 aliphatic rings. The number of rotatable bonds is 15. The summed E-state index contributed by atoms with van der Waals surface area (Å²) in [5.74, 6) is -1.44. The Kier molecular flexibility index (Phi) is 12.6. The van der Waals surface area contributed by atoms with Crippen molar-refractivity contribution in [1.82, 2.24) is 0 Å².